The largest absolute Gasteiger partial charge is 0.365 e. The van der Waals surface area contributed by atoms with Crippen LogP contribution in [0.2, 0.25) is 0 Å². The van der Waals surface area contributed by atoms with Gasteiger partial charge in [-0.3, -0.25) is 14.5 Å². The molecule has 3 rings (SSSR count). The molecule has 1 saturated heterocycles. The van der Waals surface area contributed by atoms with Crippen molar-refractivity contribution in [2.24, 2.45) is 0 Å². The van der Waals surface area contributed by atoms with Crippen molar-refractivity contribution in [3.63, 3.8) is 0 Å². The van der Waals surface area contributed by atoms with Crippen LogP contribution in [0.4, 0.5) is 14.9 Å². The number of hydrogen-bond acceptors (Lipinski definition) is 4. The van der Waals surface area contributed by atoms with E-state index in [4.69, 9.17) is 0 Å². The van der Waals surface area contributed by atoms with Gasteiger partial charge >= 0.3 is 0 Å². The second-order valence-corrected chi connectivity index (χ2v) is 7.85. The van der Waals surface area contributed by atoms with E-state index in [-0.39, 0.29) is 21.6 Å². The number of halogens is 1. The van der Waals surface area contributed by atoms with E-state index >= 15 is 0 Å². The normalized spacial score (nSPS) is 21.0. The first kappa shape index (κ1) is 17.7. The number of carbonyl (C=O) groups is 2. The summed E-state index contributed by atoms with van der Waals surface area (Å²) in [5, 5.41) is -0.310. The fourth-order valence-electron chi connectivity index (χ4n) is 3.21. The zero-order chi connectivity index (χ0) is 18.5. The number of thioether (sulfide) groups is 1. The zero-order valence-corrected chi connectivity index (χ0v) is 15.8. The minimum Gasteiger partial charge on any atom is -0.365 e. The Hall–Kier alpha value is -2.08. The molecule has 0 saturated carbocycles. The van der Waals surface area contributed by atoms with Crippen LogP contribution in [0, 0.1) is 5.82 Å². The van der Waals surface area contributed by atoms with Gasteiger partial charge in [0.05, 0.1) is 10.4 Å². The number of imide groups is 1. The molecule has 132 valence electrons. The summed E-state index contributed by atoms with van der Waals surface area (Å²) in [4.78, 5) is 27.5. The molecule has 0 N–H and O–H groups in total. The molecule has 0 unspecified atom stereocenters. The average molecular weight is 360 g/mol. The van der Waals surface area contributed by atoms with Gasteiger partial charge in [-0.1, -0.05) is 6.08 Å². The third-order valence-electron chi connectivity index (χ3n) is 4.81. The summed E-state index contributed by atoms with van der Waals surface area (Å²) in [5.74, 6) is -0.764. The highest BCUT2D eigenvalue weighted by Gasteiger charge is 2.34. The number of benzene rings is 1. The molecule has 0 atom stereocenters. The number of anilines is 1. The number of allylic oxidation sites excluding steroid dienone is 1. The van der Waals surface area contributed by atoms with Gasteiger partial charge in [0, 0.05) is 30.4 Å². The van der Waals surface area contributed by atoms with Gasteiger partial charge in [0.2, 0.25) is 0 Å². The molecular weight excluding hydrogens is 339 g/mol. The van der Waals surface area contributed by atoms with Gasteiger partial charge in [0.15, 0.2) is 0 Å². The summed E-state index contributed by atoms with van der Waals surface area (Å²) in [5.41, 5.74) is 2.94. The Morgan fingerprint density at radius 2 is 1.96 bits per heavy atom. The second kappa shape index (κ2) is 6.02. The Morgan fingerprint density at radius 1 is 1.28 bits per heavy atom. The molecule has 6 heteroatoms. The summed E-state index contributed by atoms with van der Waals surface area (Å²) in [7, 11) is 1.94. The van der Waals surface area contributed by atoms with Crippen molar-refractivity contribution in [2.75, 3.05) is 18.5 Å². The van der Waals surface area contributed by atoms with E-state index < -0.39 is 5.82 Å². The van der Waals surface area contributed by atoms with Crippen LogP contribution in [0.25, 0.3) is 11.6 Å². The van der Waals surface area contributed by atoms with Gasteiger partial charge < -0.3 is 4.90 Å². The van der Waals surface area contributed by atoms with Crippen LogP contribution >= 0.6 is 11.8 Å². The summed E-state index contributed by atoms with van der Waals surface area (Å²) in [6.07, 6.45) is 3.62. The van der Waals surface area contributed by atoms with Gasteiger partial charge in [0.25, 0.3) is 11.1 Å². The minimum absolute atomic E-state index is 0.200. The molecular formula is C19H21FN2O2S. The molecule has 4 nitrogen and oxygen atoms in total. The van der Waals surface area contributed by atoms with Gasteiger partial charge in [0.1, 0.15) is 5.82 Å². The van der Waals surface area contributed by atoms with Crippen LogP contribution in [-0.4, -0.2) is 35.2 Å². The van der Waals surface area contributed by atoms with E-state index in [1.807, 2.05) is 18.9 Å². The molecule has 2 aliphatic heterocycles. The maximum atomic E-state index is 14.7. The van der Waals surface area contributed by atoms with Gasteiger partial charge in [-0.05, 0) is 63.2 Å². The number of hydrogen-bond donors (Lipinski definition) is 0. The van der Waals surface area contributed by atoms with Crippen molar-refractivity contribution >= 4 is 40.2 Å². The second-order valence-electron chi connectivity index (χ2n) is 6.86. The predicted octanol–water partition coefficient (Wildman–Crippen LogP) is 4.51. The number of rotatable bonds is 2. The van der Waals surface area contributed by atoms with E-state index in [2.05, 4.69) is 19.9 Å². The standard InChI is InChI=1S/C19H21FN2O2S/c1-6-22-17(23)16(25-18(22)24)8-12-7-13-11(2)10-19(3,4)21(5)15(13)9-14(12)20/h7-10H,6H2,1-5H3/b16-8+. The summed E-state index contributed by atoms with van der Waals surface area (Å²) in [6, 6.07) is 3.26. The van der Waals surface area contributed by atoms with Crippen molar-refractivity contribution in [3.8, 4) is 0 Å². The molecule has 0 aliphatic carbocycles. The molecule has 2 amide bonds. The van der Waals surface area contributed by atoms with Crippen molar-refractivity contribution < 1.29 is 14.0 Å². The third kappa shape index (κ3) is 2.88. The number of fused-ring (bicyclic) bond motifs is 1. The van der Waals surface area contributed by atoms with Crippen molar-refractivity contribution in [1.29, 1.82) is 0 Å². The Labute approximate surface area is 151 Å². The molecule has 1 aromatic rings. The highest BCUT2D eigenvalue weighted by atomic mass is 32.2. The van der Waals surface area contributed by atoms with Crippen LogP contribution in [0.15, 0.2) is 23.1 Å². The first-order chi connectivity index (χ1) is 11.7. The lowest BCUT2D eigenvalue weighted by atomic mass is 9.88. The molecule has 1 aromatic carbocycles. The number of amides is 2. The Morgan fingerprint density at radius 3 is 2.56 bits per heavy atom. The molecule has 0 aromatic heterocycles. The molecule has 2 aliphatic rings. The molecule has 2 heterocycles. The van der Waals surface area contributed by atoms with Gasteiger partial charge in [-0.25, -0.2) is 4.39 Å². The maximum Gasteiger partial charge on any atom is 0.293 e. The topological polar surface area (TPSA) is 40.6 Å². The zero-order valence-electron chi connectivity index (χ0n) is 15.0. The van der Waals surface area contributed by atoms with E-state index in [0.717, 1.165) is 33.5 Å². The smallest absolute Gasteiger partial charge is 0.293 e. The fourth-order valence-corrected chi connectivity index (χ4v) is 4.11. The number of nitrogens with zero attached hydrogens (tertiary/aromatic N) is 2. The number of likely N-dealkylation sites (N-methyl/N-ethyl adjacent to an activating group) is 2. The molecule has 25 heavy (non-hydrogen) atoms. The summed E-state index contributed by atoms with van der Waals surface area (Å²) < 4.78 is 14.7. The first-order valence-corrected chi connectivity index (χ1v) is 9.00. The lowest BCUT2D eigenvalue weighted by Crippen LogP contribution is -2.42. The van der Waals surface area contributed by atoms with E-state index in [1.165, 1.54) is 12.1 Å². The van der Waals surface area contributed by atoms with E-state index in [1.54, 1.807) is 13.0 Å². The molecule has 0 bridgehead atoms. The number of carbonyl (C=O) groups excluding carboxylic acids is 2. The van der Waals surface area contributed by atoms with Crippen LogP contribution in [0.5, 0.6) is 0 Å². The third-order valence-corrected chi connectivity index (χ3v) is 5.72. The monoisotopic (exact) mass is 360 g/mol. The van der Waals surface area contributed by atoms with Gasteiger partial charge in [-0.15, -0.1) is 0 Å². The quantitative estimate of drug-likeness (QED) is 0.728. The van der Waals surface area contributed by atoms with Crippen LogP contribution in [0.1, 0.15) is 38.8 Å². The maximum absolute atomic E-state index is 14.7. The van der Waals surface area contributed by atoms with Gasteiger partial charge in [-0.2, -0.15) is 0 Å². The van der Waals surface area contributed by atoms with Crippen LogP contribution in [-0.2, 0) is 4.79 Å². The Kier molecular flexibility index (Phi) is 4.27. The lowest BCUT2D eigenvalue weighted by Gasteiger charge is -2.40. The summed E-state index contributed by atoms with van der Waals surface area (Å²) in [6.45, 7) is 8.21. The SMILES string of the molecule is CCN1C(=O)S/C(=C/c2cc3c(cc2F)N(C)C(C)(C)C=C3C)C1=O. The fraction of sp³-hybridized carbons (Fsp3) is 0.368. The summed E-state index contributed by atoms with van der Waals surface area (Å²) >= 11 is 0.855. The van der Waals surface area contributed by atoms with Crippen LogP contribution < -0.4 is 4.90 Å². The predicted molar refractivity (Wildman–Crippen MR) is 101 cm³/mol. The van der Waals surface area contributed by atoms with Crippen molar-refractivity contribution in [1.82, 2.24) is 4.90 Å². The Balaban J connectivity index is 2.07. The molecule has 1 fully saturated rings. The lowest BCUT2D eigenvalue weighted by molar-refractivity contribution is -0.122. The van der Waals surface area contributed by atoms with E-state index in [0.29, 0.717) is 12.1 Å². The average Bonchev–Trinajstić information content (AvgIpc) is 2.79. The minimum atomic E-state index is -0.403. The highest BCUT2D eigenvalue weighted by molar-refractivity contribution is 8.18. The van der Waals surface area contributed by atoms with E-state index in [9.17, 15) is 14.0 Å². The van der Waals surface area contributed by atoms with Crippen molar-refractivity contribution in [3.05, 3.63) is 40.1 Å². The first-order valence-electron chi connectivity index (χ1n) is 8.18. The highest BCUT2D eigenvalue weighted by Crippen LogP contribution is 2.40. The van der Waals surface area contributed by atoms with Crippen LogP contribution in [0.3, 0.4) is 0 Å². The molecule has 0 radical (unpaired) electrons. The molecule has 0 spiro atoms. The van der Waals surface area contributed by atoms with Crippen molar-refractivity contribution in [2.45, 2.75) is 33.2 Å². The Bertz CT molecular complexity index is 842.